The fourth-order valence-electron chi connectivity index (χ4n) is 2.83. The topological polar surface area (TPSA) is 25.2 Å². The second kappa shape index (κ2) is 4.78. The normalized spacial score (nSPS) is 20.4. The van der Waals surface area contributed by atoms with Gasteiger partial charge in [0.05, 0.1) is 5.02 Å². The van der Waals surface area contributed by atoms with Gasteiger partial charge in [-0.1, -0.05) is 11.6 Å². The Kier molecular flexibility index (Phi) is 3.30. The van der Waals surface area contributed by atoms with Gasteiger partial charge in [0.25, 0.3) is 5.92 Å². The Morgan fingerprint density at radius 2 is 2.10 bits per heavy atom. The molecule has 2 aromatic rings. The molecule has 2 nitrogen and oxygen atoms in total. The summed E-state index contributed by atoms with van der Waals surface area (Å²) in [6, 6.07) is 4.20. The summed E-state index contributed by atoms with van der Waals surface area (Å²) in [5.41, 5.74) is 2.04. The number of fused-ring (bicyclic) bond motifs is 1. The van der Waals surface area contributed by atoms with Crippen molar-refractivity contribution in [2.45, 2.75) is 31.8 Å². The molecule has 21 heavy (non-hydrogen) atoms. The Balaban J connectivity index is 2.15. The molecule has 0 aliphatic heterocycles. The average Bonchev–Trinajstić information content (AvgIpc) is 2.75. The summed E-state index contributed by atoms with van der Waals surface area (Å²) in [5, 5.41) is 9.85. The molecule has 1 aliphatic rings. The molecule has 1 heterocycles. The number of hydrogen-bond donors (Lipinski definition) is 1. The average molecular weight is 316 g/mol. The van der Waals surface area contributed by atoms with E-state index in [9.17, 15) is 18.3 Å². The molecule has 0 fully saturated rings. The number of aliphatic hydroxyl groups excluding tert-OH is 1. The summed E-state index contributed by atoms with van der Waals surface area (Å²) >= 11 is 5.77. The molecule has 112 valence electrons. The molecule has 0 amide bonds. The first kappa shape index (κ1) is 14.5. The van der Waals surface area contributed by atoms with Gasteiger partial charge < -0.3 is 9.67 Å². The van der Waals surface area contributed by atoms with Gasteiger partial charge in [0.15, 0.2) is 0 Å². The van der Waals surface area contributed by atoms with Crippen molar-refractivity contribution in [1.82, 2.24) is 4.57 Å². The van der Waals surface area contributed by atoms with Crippen molar-refractivity contribution in [3.8, 4) is 5.69 Å². The van der Waals surface area contributed by atoms with Crippen molar-refractivity contribution in [3.63, 3.8) is 0 Å². The van der Waals surface area contributed by atoms with Crippen LogP contribution >= 0.6 is 11.6 Å². The van der Waals surface area contributed by atoms with Gasteiger partial charge >= 0.3 is 0 Å². The molecule has 6 heteroatoms. The molecule has 0 spiro atoms. The smallest absolute Gasteiger partial charge is 0.278 e. The molecule has 1 aromatic heterocycles. The fraction of sp³-hybridized carbons (Fsp3) is 0.333. The second-order valence-corrected chi connectivity index (χ2v) is 5.71. The Labute approximate surface area is 124 Å². The standard InChI is InChI=1S/C15H13ClF3NO/c1-8-7-20(9-2-3-11(17)10(16)6-9)12-4-5-15(18,19)14(21)13(8)12/h2-3,6-7,14,21H,4-5H2,1H3. The summed E-state index contributed by atoms with van der Waals surface area (Å²) < 4.78 is 42.2. The van der Waals surface area contributed by atoms with Crippen molar-refractivity contribution in [1.29, 1.82) is 0 Å². The van der Waals surface area contributed by atoms with E-state index in [1.165, 1.54) is 18.2 Å². The number of aryl methyl sites for hydroxylation is 1. The Morgan fingerprint density at radius 1 is 1.38 bits per heavy atom. The monoisotopic (exact) mass is 315 g/mol. The lowest BCUT2D eigenvalue weighted by Crippen LogP contribution is -2.32. The highest BCUT2D eigenvalue weighted by Crippen LogP contribution is 2.44. The van der Waals surface area contributed by atoms with Crippen LogP contribution < -0.4 is 0 Å². The first-order valence-electron chi connectivity index (χ1n) is 6.53. The van der Waals surface area contributed by atoms with E-state index < -0.39 is 24.3 Å². The predicted molar refractivity (Wildman–Crippen MR) is 73.7 cm³/mol. The minimum atomic E-state index is -3.12. The third-order valence-electron chi connectivity index (χ3n) is 3.90. The minimum absolute atomic E-state index is 0.0331. The Morgan fingerprint density at radius 3 is 2.76 bits per heavy atom. The van der Waals surface area contributed by atoms with E-state index in [2.05, 4.69) is 0 Å². The largest absolute Gasteiger partial charge is 0.382 e. The van der Waals surface area contributed by atoms with Crippen molar-refractivity contribution in [2.75, 3.05) is 0 Å². The molecule has 1 atom stereocenters. The quantitative estimate of drug-likeness (QED) is 0.838. The minimum Gasteiger partial charge on any atom is -0.382 e. The molecule has 0 saturated carbocycles. The van der Waals surface area contributed by atoms with Gasteiger partial charge in [-0.25, -0.2) is 13.2 Å². The molecule has 0 saturated heterocycles. The van der Waals surface area contributed by atoms with E-state index in [0.717, 1.165) is 0 Å². The molecule has 0 radical (unpaired) electrons. The van der Waals surface area contributed by atoms with Crippen LogP contribution in [0.15, 0.2) is 24.4 Å². The summed E-state index contributed by atoms with van der Waals surface area (Å²) in [5.74, 6) is -3.66. The van der Waals surface area contributed by atoms with Gasteiger partial charge in [0.2, 0.25) is 0 Å². The maximum absolute atomic E-state index is 13.7. The Hall–Kier alpha value is -1.46. The van der Waals surface area contributed by atoms with Crippen LogP contribution in [0.5, 0.6) is 0 Å². The van der Waals surface area contributed by atoms with Crippen molar-refractivity contribution in [2.24, 2.45) is 0 Å². The highest BCUT2D eigenvalue weighted by molar-refractivity contribution is 6.30. The summed E-state index contributed by atoms with van der Waals surface area (Å²) in [4.78, 5) is 0. The van der Waals surface area contributed by atoms with Gasteiger partial charge in [0.1, 0.15) is 11.9 Å². The van der Waals surface area contributed by atoms with Crippen LogP contribution in [-0.2, 0) is 6.42 Å². The second-order valence-electron chi connectivity index (χ2n) is 5.30. The lowest BCUT2D eigenvalue weighted by atomic mass is 9.89. The van der Waals surface area contributed by atoms with E-state index in [1.54, 1.807) is 17.7 Å². The van der Waals surface area contributed by atoms with Crippen LogP contribution in [0.3, 0.4) is 0 Å². The molecular formula is C15H13ClF3NO. The number of aromatic nitrogens is 1. The number of halogens is 4. The number of alkyl halides is 2. The van der Waals surface area contributed by atoms with E-state index in [4.69, 9.17) is 11.6 Å². The molecular weight excluding hydrogens is 303 g/mol. The molecule has 3 rings (SSSR count). The maximum atomic E-state index is 13.7. The lowest BCUT2D eigenvalue weighted by Gasteiger charge is -2.29. The van der Waals surface area contributed by atoms with Crippen molar-refractivity contribution < 1.29 is 18.3 Å². The van der Waals surface area contributed by atoms with Crippen LogP contribution in [0.4, 0.5) is 13.2 Å². The molecule has 0 bridgehead atoms. The van der Waals surface area contributed by atoms with Crippen LogP contribution in [0.1, 0.15) is 29.3 Å². The van der Waals surface area contributed by atoms with Crippen molar-refractivity contribution in [3.05, 3.63) is 52.1 Å². The molecule has 1 unspecified atom stereocenters. The van der Waals surface area contributed by atoms with Gasteiger partial charge in [-0.3, -0.25) is 0 Å². The summed E-state index contributed by atoms with van der Waals surface area (Å²) in [6.45, 7) is 1.67. The van der Waals surface area contributed by atoms with E-state index in [-0.39, 0.29) is 17.0 Å². The van der Waals surface area contributed by atoms with E-state index in [1.807, 2.05) is 0 Å². The summed E-state index contributed by atoms with van der Waals surface area (Å²) in [6.07, 6.45) is -0.418. The maximum Gasteiger partial charge on any atom is 0.278 e. The third-order valence-corrected chi connectivity index (χ3v) is 4.19. The van der Waals surface area contributed by atoms with E-state index in [0.29, 0.717) is 16.9 Å². The van der Waals surface area contributed by atoms with Gasteiger partial charge in [-0.2, -0.15) is 0 Å². The number of rotatable bonds is 1. The highest BCUT2D eigenvalue weighted by Gasteiger charge is 2.45. The number of benzene rings is 1. The molecule has 1 N–H and O–H groups in total. The van der Waals surface area contributed by atoms with Crippen LogP contribution in [0.25, 0.3) is 5.69 Å². The van der Waals surface area contributed by atoms with Crippen LogP contribution in [0.2, 0.25) is 5.02 Å². The summed E-state index contributed by atoms with van der Waals surface area (Å²) in [7, 11) is 0. The van der Waals surface area contributed by atoms with Gasteiger partial charge in [0, 0.05) is 29.6 Å². The zero-order chi connectivity index (χ0) is 15.4. The van der Waals surface area contributed by atoms with E-state index >= 15 is 0 Å². The van der Waals surface area contributed by atoms with Gasteiger partial charge in [-0.05, 0) is 37.1 Å². The zero-order valence-electron chi connectivity index (χ0n) is 11.2. The fourth-order valence-corrected chi connectivity index (χ4v) is 3.00. The van der Waals surface area contributed by atoms with Crippen LogP contribution in [0, 0.1) is 12.7 Å². The number of aliphatic hydroxyl groups is 1. The SMILES string of the molecule is Cc1cn(-c2ccc(F)c(Cl)c2)c2c1C(O)C(F)(F)CC2. The predicted octanol–water partition coefficient (Wildman–Crippen LogP) is 4.19. The first-order valence-corrected chi connectivity index (χ1v) is 6.91. The lowest BCUT2D eigenvalue weighted by molar-refractivity contribution is -0.122. The van der Waals surface area contributed by atoms with Crippen LogP contribution in [-0.4, -0.2) is 15.6 Å². The first-order chi connectivity index (χ1) is 9.81. The third kappa shape index (κ3) is 2.24. The number of nitrogens with zero attached hydrogens (tertiary/aromatic N) is 1. The van der Waals surface area contributed by atoms with Gasteiger partial charge in [-0.15, -0.1) is 0 Å². The highest BCUT2D eigenvalue weighted by atomic mass is 35.5. The zero-order valence-corrected chi connectivity index (χ0v) is 12.0. The molecule has 1 aliphatic carbocycles. The van der Waals surface area contributed by atoms with Crippen molar-refractivity contribution >= 4 is 11.6 Å². The Bertz CT molecular complexity index is 711. The molecule has 1 aromatic carbocycles. The number of hydrogen-bond acceptors (Lipinski definition) is 1.